The number of nitrogens with one attached hydrogen (secondary N) is 1. The second kappa shape index (κ2) is 7.42. The summed E-state index contributed by atoms with van der Waals surface area (Å²) in [5.74, 6) is 0.982. The standard InChI is InChI=1S/C16H22N4OS2/c1-3-21-15-7-5-4-6-14(15)19-10-8-18(9-11-19)12-20-16(22)23-13(2)17-20/h4-7H,3,8-12H2,1-2H3/p+1. The number of anilines is 1. The lowest BCUT2D eigenvalue weighted by atomic mass is 10.2. The fourth-order valence-corrected chi connectivity index (χ4v) is 4.01. The number of piperazine rings is 1. The van der Waals surface area contributed by atoms with Crippen molar-refractivity contribution < 1.29 is 9.64 Å². The molecule has 3 rings (SSSR count). The number of aryl methyl sites for hydroxylation is 1. The summed E-state index contributed by atoms with van der Waals surface area (Å²) < 4.78 is 8.60. The first-order chi connectivity index (χ1) is 11.2. The predicted octanol–water partition coefficient (Wildman–Crippen LogP) is 1.74. The molecule has 0 spiro atoms. The van der Waals surface area contributed by atoms with Crippen LogP contribution in [-0.4, -0.2) is 42.6 Å². The molecule has 0 atom stereocenters. The summed E-state index contributed by atoms with van der Waals surface area (Å²) in [6, 6.07) is 8.31. The van der Waals surface area contributed by atoms with Crippen molar-refractivity contribution in [2.45, 2.75) is 20.5 Å². The summed E-state index contributed by atoms with van der Waals surface area (Å²) in [4.78, 5) is 3.94. The lowest BCUT2D eigenvalue weighted by Crippen LogP contribution is -3.14. The molecule has 2 aromatic rings. The lowest BCUT2D eigenvalue weighted by Gasteiger charge is -2.34. The van der Waals surface area contributed by atoms with Crippen LogP contribution in [0.25, 0.3) is 0 Å². The fraction of sp³-hybridized carbons (Fsp3) is 0.500. The molecule has 1 N–H and O–H groups in total. The molecule has 23 heavy (non-hydrogen) atoms. The minimum Gasteiger partial charge on any atom is -0.492 e. The molecule has 7 heteroatoms. The van der Waals surface area contributed by atoms with Gasteiger partial charge in [-0.15, -0.1) is 0 Å². The van der Waals surface area contributed by atoms with Crippen molar-refractivity contribution in [3.8, 4) is 5.75 Å². The van der Waals surface area contributed by atoms with E-state index in [-0.39, 0.29) is 0 Å². The molecule has 5 nitrogen and oxygen atoms in total. The molecule has 124 valence electrons. The van der Waals surface area contributed by atoms with Crippen molar-refractivity contribution in [2.24, 2.45) is 0 Å². The third kappa shape index (κ3) is 3.91. The van der Waals surface area contributed by atoms with Crippen LogP contribution < -0.4 is 14.5 Å². The van der Waals surface area contributed by atoms with Crippen molar-refractivity contribution in [3.05, 3.63) is 33.2 Å². The molecule has 0 saturated carbocycles. The average Bonchev–Trinajstić information content (AvgIpc) is 2.87. The van der Waals surface area contributed by atoms with Crippen molar-refractivity contribution >= 4 is 29.2 Å². The smallest absolute Gasteiger partial charge is 0.184 e. The second-order valence-corrected chi connectivity index (χ2v) is 7.51. The zero-order chi connectivity index (χ0) is 16.2. The molecule has 1 fully saturated rings. The third-order valence-electron chi connectivity index (χ3n) is 4.06. The largest absolute Gasteiger partial charge is 0.492 e. The van der Waals surface area contributed by atoms with Gasteiger partial charge in [0.2, 0.25) is 0 Å². The molecule has 0 radical (unpaired) electrons. The first kappa shape index (κ1) is 16.4. The van der Waals surface area contributed by atoms with Gasteiger partial charge in [-0.05, 0) is 38.2 Å². The molecular formula is C16H23N4OS2+. The fourth-order valence-electron chi connectivity index (χ4n) is 2.94. The van der Waals surface area contributed by atoms with Gasteiger partial charge in [0.25, 0.3) is 0 Å². The molecule has 1 aliphatic heterocycles. The van der Waals surface area contributed by atoms with Gasteiger partial charge in [-0.25, -0.2) is 0 Å². The van der Waals surface area contributed by atoms with E-state index in [0.717, 1.165) is 47.6 Å². The maximum Gasteiger partial charge on any atom is 0.184 e. The number of aromatic nitrogens is 2. The van der Waals surface area contributed by atoms with Crippen molar-refractivity contribution in [3.63, 3.8) is 0 Å². The summed E-state index contributed by atoms with van der Waals surface area (Å²) in [6.45, 7) is 9.81. The minimum atomic E-state index is 0.698. The van der Waals surface area contributed by atoms with Crippen LogP contribution in [0.3, 0.4) is 0 Å². The molecule has 0 amide bonds. The van der Waals surface area contributed by atoms with Crippen LogP contribution in [0.4, 0.5) is 5.69 Å². The van der Waals surface area contributed by atoms with Crippen LogP contribution in [0.15, 0.2) is 24.3 Å². The highest BCUT2D eigenvalue weighted by atomic mass is 32.1. The number of ether oxygens (including phenoxy) is 1. The van der Waals surface area contributed by atoms with Gasteiger partial charge < -0.3 is 14.5 Å². The zero-order valence-electron chi connectivity index (χ0n) is 13.6. The molecule has 0 aliphatic carbocycles. The van der Waals surface area contributed by atoms with Crippen molar-refractivity contribution in [2.75, 3.05) is 37.7 Å². The van der Waals surface area contributed by atoms with Crippen LogP contribution in [-0.2, 0) is 6.67 Å². The SMILES string of the molecule is CCOc1ccccc1N1CC[NH+](Cn2nc(C)sc2=S)CC1. The van der Waals surface area contributed by atoms with E-state index >= 15 is 0 Å². The molecule has 2 heterocycles. The Bertz CT molecular complexity index is 704. The maximum atomic E-state index is 5.76. The second-order valence-electron chi connectivity index (χ2n) is 5.68. The van der Waals surface area contributed by atoms with Gasteiger partial charge in [-0.3, -0.25) is 0 Å². The van der Waals surface area contributed by atoms with Crippen LogP contribution in [0.2, 0.25) is 0 Å². The highest BCUT2D eigenvalue weighted by molar-refractivity contribution is 7.73. The van der Waals surface area contributed by atoms with Crippen LogP contribution in [0, 0.1) is 10.9 Å². The topological polar surface area (TPSA) is 34.7 Å². The Morgan fingerprint density at radius 3 is 2.70 bits per heavy atom. The first-order valence-electron chi connectivity index (χ1n) is 8.02. The Hall–Kier alpha value is -1.44. The molecule has 1 aliphatic rings. The number of quaternary nitrogens is 1. The van der Waals surface area contributed by atoms with Crippen LogP contribution in [0.1, 0.15) is 11.9 Å². The predicted molar refractivity (Wildman–Crippen MR) is 96.2 cm³/mol. The van der Waals surface area contributed by atoms with E-state index in [4.69, 9.17) is 17.0 Å². The molecular weight excluding hydrogens is 328 g/mol. The van der Waals surface area contributed by atoms with Gasteiger partial charge >= 0.3 is 0 Å². The van der Waals surface area contributed by atoms with Crippen LogP contribution in [0.5, 0.6) is 5.75 Å². The molecule has 0 unspecified atom stereocenters. The Balaban J connectivity index is 1.62. The van der Waals surface area contributed by atoms with E-state index in [1.807, 2.05) is 24.6 Å². The highest BCUT2D eigenvalue weighted by Crippen LogP contribution is 2.27. The maximum absolute atomic E-state index is 5.76. The highest BCUT2D eigenvalue weighted by Gasteiger charge is 2.22. The number of rotatable bonds is 5. The Kier molecular flexibility index (Phi) is 5.30. The Morgan fingerprint density at radius 2 is 2.04 bits per heavy atom. The molecule has 1 aromatic carbocycles. The summed E-state index contributed by atoms with van der Waals surface area (Å²) in [5.41, 5.74) is 1.20. The number of hydrogen-bond donors (Lipinski definition) is 1. The third-order valence-corrected chi connectivity index (χ3v) is 5.28. The summed E-state index contributed by atoms with van der Waals surface area (Å²) in [7, 11) is 0. The van der Waals surface area contributed by atoms with E-state index in [2.05, 4.69) is 28.2 Å². The van der Waals surface area contributed by atoms with E-state index < -0.39 is 0 Å². The monoisotopic (exact) mass is 351 g/mol. The van der Waals surface area contributed by atoms with Crippen LogP contribution >= 0.6 is 23.6 Å². The first-order valence-corrected chi connectivity index (χ1v) is 9.24. The van der Waals surface area contributed by atoms with Gasteiger partial charge in [0, 0.05) is 0 Å². The average molecular weight is 352 g/mol. The Morgan fingerprint density at radius 1 is 1.30 bits per heavy atom. The normalized spacial score (nSPS) is 15.8. The number of benzene rings is 1. The van der Waals surface area contributed by atoms with E-state index in [9.17, 15) is 0 Å². The van der Waals surface area contributed by atoms with E-state index in [0.29, 0.717) is 6.61 Å². The summed E-state index contributed by atoms with van der Waals surface area (Å²) in [5, 5.41) is 5.54. The minimum absolute atomic E-state index is 0.698. The quantitative estimate of drug-likeness (QED) is 0.833. The Labute approximate surface area is 146 Å². The lowest BCUT2D eigenvalue weighted by molar-refractivity contribution is -0.924. The van der Waals surface area contributed by atoms with Crippen molar-refractivity contribution in [1.82, 2.24) is 9.78 Å². The van der Waals surface area contributed by atoms with Crippen molar-refractivity contribution in [1.29, 1.82) is 0 Å². The van der Waals surface area contributed by atoms with E-state index in [1.54, 1.807) is 11.3 Å². The van der Waals surface area contributed by atoms with Gasteiger partial charge in [0.05, 0.1) is 38.5 Å². The number of nitrogens with zero attached hydrogens (tertiary/aromatic N) is 3. The summed E-state index contributed by atoms with van der Waals surface area (Å²) in [6.07, 6.45) is 0. The molecule has 0 bridgehead atoms. The van der Waals surface area contributed by atoms with Gasteiger partial charge in [-0.2, -0.15) is 9.78 Å². The van der Waals surface area contributed by atoms with Gasteiger partial charge in [-0.1, -0.05) is 23.5 Å². The number of para-hydroxylation sites is 2. The van der Waals surface area contributed by atoms with E-state index in [1.165, 1.54) is 10.6 Å². The van der Waals surface area contributed by atoms with Gasteiger partial charge in [0.1, 0.15) is 10.8 Å². The molecule has 1 aromatic heterocycles. The van der Waals surface area contributed by atoms with Gasteiger partial charge in [0.15, 0.2) is 10.6 Å². The molecule has 1 saturated heterocycles. The summed E-state index contributed by atoms with van der Waals surface area (Å²) >= 11 is 6.95. The zero-order valence-corrected chi connectivity index (χ0v) is 15.3. The number of hydrogen-bond acceptors (Lipinski definition) is 5.